The van der Waals surface area contributed by atoms with E-state index in [0.29, 0.717) is 42.4 Å². The molecule has 7 heteroatoms. The maximum Gasteiger partial charge on any atom is 0.306 e. The summed E-state index contributed by atoms with van der Waals surface area (Å²) in [6.45, 7) is 0.923. The summed E-state index contributed by atoms with van der Waals surface area (Å²) in [7, 11) is 0. The average Bonchev–Trinajstić information content (AvgIpc) is 3.17. The number of thiazole rings is 1. The molecule has 0 aromatic carbocycles. The van der Waals surface area contributed by atoms with E-state index in [1.165, 1.54) is 11.3 Å². The summed E-state index contributed by atoms with van der Waals surface area (Å²) >= 11 is 1.36. The van der Waals surface area contributed by atoms with Gasteiger partial charge >= 0.3 is 5.97 Å². The van der Waals surface area contributed by atoms with Crippen molar-refractivity contribution in [2.45, 2.75) is 12.8 Å². The topological polar surface area (TPSA) is 83.6 Å². The number of furan rings is 1. The van der Waals surface area contributed by atoms with Gasteiger partial charge in [-0.2, -0.15) is 0 Å². The number of likely N-dealkylation sites (tertiary alicyclic amines) is 1. The molecule has 3 heterocycles. The lowest BCUT2D eigenvalue weighted by atomic mass is 9.97. The Morgan fingerprint density at radius 1 is 1.38 bits per heavy atom. The number of amides is 1. The fourth-order valence-corrected chi connectivity index (χ4v) is 3.14. The number of aliphatic carboxylic acids is 1. The minimum absolute atomic E-state index is 0.145. The van der Waals surface area contributed by atoms with Gasteiger partial charge in [-0.05, 0) is 25.0 Å². The van der Waals surface area contributed by atoms with Crippen LogP contribution in [0, 0.1) is 5.92 Å². The third-order valence-electron chi connectivity index (χ3n) is 3.59. The Balaban J connectivity index is 1.68. The molecular formula is C14H14N2O4S. The van der Waals surface area contributed by atoms with E-state index in [4.69, 9.17) is 9.52 Å². The zero-order chi connectivity index (χ0) is 14.8. The molecule has 0 bridgehead atoms. The van der Waals surface area contributed by atoms with Gasteiger partial charge in [0.1, 0.15) is 5.69 Å². The summed E-state index contributed by atoms with van der Waals surface area (Å²) in [6.07, 6.45) is 2.56. The molecule has 1 N–H and O–H groups in total. The van der Waals surface area contributed by atoms with E-state index in [1.807, 2.05) is 0 Å². The first-order chi connectivity index (χ1) is 10.1. The number of carbonyl (C=O) groups is 2. The van der Waals surface area contributed by atoms with Crippen LogP contribution in [0.1, 0.15) is 23.3 Å². The molecule has 2 aromatic heterocycles. The highest BCUT2D eigenvalue weighted by atomic mass is 32.1. The van der Waals surface area contributed by atoms with Gasteiger partial charge in [-0.1, -0.05) is 0 Å². The number of carboxylic acids is 1. The third-order valence-corrected chi connectivity index (χ3v) is 4.44. The Bertz CT molecular complexity index is 642. The van der Waals surface area contributed by atoms with Gasteiger partial charge in [-0.25, -0.2) is 4.98 Å². The van der Waals surface area contributed by atoms with Gasteiger partial charge in [-0.15, -0.1) is 11.3 Å². The van der Waals surface area contributed by atoms with Crippen LogP contribution in [-0.4, -0.2) is 40.0 Å². The molecule has 21 heavy (non-hydrogen) atoms. The Morgan fingerprint density at radius 2 is 2.14 bits per heavy atom. The van der Waals surface area contributed by atoms with Crippen molar-refractivity contribution in [1.82, 2.24) is 9.88 Å². The molecule has 1 aliphatic rings. The standard InChI is InChI=1S/C14H14N2O4S/c17-13(16-5-3-9(4-6-16)14(18)19)10-8-21-12(15-10)11-2-1-7-20-11/h1-2,7-9H,3-6H2,(H,18,19). The van der Waals surface area contributed by atoms with Crippen LogP contribution in [-0.2, 0) is 4.79 Å². The maximum absolute atomic E-state index is 12.4. The van der Waals surface area contributed by atoms with Crippen molar-refractivity contribution in [3.8, 4) is 10.8 Å². The summed E-state index contributed by atoms with van der Waals surface area (Å²) in [5, 5.41) is 11.3. The number of nitrogens with zero attached hydrogens (tertiary/aromatic N) is 2. The molecule has 3 rings (SSSR count). The lowest BCUT2D eigenvalue weighted by Crippen LogP contribution is -2.40. The zero-order valence-electron chi connectivity index (χ0n) is 11.2. The SMILES string of the molecule is O=C(O)C1CCN(C(=O)c2csc(-c3ccco3)n2)CC1. The molecule has 0 radical (unpaired) electrons. The monoisotopic (exact) mass is 306 g/mol. The van der Waals surface area contributed by atoms with E-state index in [-0.39, 0.29) is 11.8 Å². The fourth-order valence-electron chi connectivity index (χ4n) is 2.38. The fraction of sp³-hybridized carbons (Fsp3) is 0.357. The Morgan fingerprint density at radius 3 is 2.76 bits per heavy atom. The van der Waals surface area contributed by atoms with Crippen molar-refractivity contribution in [2.75, 3.05) is 13.1 Å². The number of hydrogen-bond donors (Lipinski definition) is 1. The Labute approximate surface area is 125 Å². The van der Waals surface area contributed by atoms with Gasteiger partial charge in [0.15, 0.2) is 10.8 Å². The number of piperidine rings is 1. The zero-order valence-corrected chi connectivity index (χ0v) is 12.0. The molecule has 110 valence electrons. The first-order valence-electron chi connectivity index (χ1n) is 6.66. The van der Waals surface area contributed by atoms with Gasteiger partial charge in [0.25, 0.3) is 5.91 Å². The molecule has 0 unspecified atom stereocenters. The number of carbonyl (C=O) groups excluding carboxylic acids is 1. The second-order valence-electron chi connectivity index (χ2n) is 4.92. The van der Waals surface area contributed by atoms with Crippen molar-refractivity contribution in [2.24, 2.45) is 5.92 Å². The molecule has 2 aromatic rings. The van der Waals surface area contributed by atoms with Crippen LogP contribution in [0.25, 0.3) is 10.8 Å². The molecule has 1 saturated heterocycles. The molecule has 6 nitrogen and oxygen atoms in total. The van der Waals surface area contributed by atoms with Gasteiger partial charge in [0.2, 0.25) is 0 Å². The molecular weight excluding hydrogens is 292 g/mol. The van der Waals surface area contributed by atoms with Crippen LogP contribution >= 0.6 is 11.3 Å². The molecule has 1 fully saturated rings. The van der Waals surface area contributed by atoms with E-state index in [9.17, 15) is 9.59 Å². The molecule has 0 saturated carbocycles. The number of aromatic nitrogens is 1. The van der Waals surface area contributed by atoms with Crippen molar-refractivity contribution >= 4 is 23.2 Å². The molecule has 0 aliphatic carbocycles. The van der Waals surface area contributed by atoms with Crippen molar-refractivity contribution < 1.29 is 19.1 Å². The summed E-state index contributed by atoms with van der Waals surface area (Å²) in [6, 6.07) is 3.57. The van der Waals surface area contributed by atoms with Crippen molar-refractivity contribution in [3.63, 3.8) is 0 Å². The van der Waals surface area contributed by atoms with Gasteiger partial charge < -0.3 is 14.4 Å². The van der Waals surface area contributed by atoms with Crippen LogP contribution in [0.15, 0.2) is 28.2 Å². The van der Waals surface area contributed by atoms with Crippen molar-refractivity contribution in [1.29, 1.82) is 0 Å². The van der Waals surface area contributed by atoms with E-state index in [1.54, 1.807) is 28.7 Å². The summed E-state index contributed by atoms with van der Waals surface area (Å²) in [5.74, 6) is -0.629. The van der Waals surface area contributed by atoms with Crippen LogP contribution in [0.3, 0.4) is 0 Å². The minimum atomic E-state index is -0.782. The van der Waals surface area contributed by atoms with Gasteiger partial charge in [0.05, 0.1) is 12.2 Å². The lowest BCUT2D eigenvalue weighted by molar-refractivity contribution is -0.143. The summed E-state index contributed by atoms with van der Waals surface area (Å²) in [5.41, 5.74) is 0.389. The first-order valence-corrected chi connectivity index (χ1v) is 7.54. The molecule has 1 aliphatic heterocycles. The highest BCUT2D eigenvalue weighted by Crippen LogP contribution is 2.25. The predicted molar refractivity (Wildman–Crippen MR) is 76.1 cm³/mol. The largest absolute Gasteiger partial charge is 0.481 e. The number of rotatable bonds is 3. The predicted octanol–water partition coefficient (Wildman–Crippen LogP) is 2.34. The van der Waals surface area contributed by atoms with Crippen LogP contribution in [0.5, 0.6) is 0 Å². The van der Waals surface area contributed by atoms with E-state index >= 15 is 0 Å². The van der Waals surface area contributed by atoms with Crippen molar-refractivity contribution in [3.05, 3.63) is 29.5 Å². The highest BCUT2D eigenvalue weighted by Gasteiger charge is 2.28. The van der Waals surface area contributed by atoms with Crippen LogP contribution in [0.4, 0.5) is 0 Å². The normalized spacial score (nSPS) is 16.1. The Hall–Kier alpha value is -2.15. The molecule has 0 atom stereocenters. The van der Waals surface area contributed by atoms with Gasteiger partial charge in [0, 0.05) is 18.5 Å². The maximum atomic E-state index is 12.4. The summed E-state index contributed by atoms with van der Waals surface area (Å²) < 4.78 is 5.26. The van der Waals surface area contributed by atoms with E-state index in [2.05, 4.69) is 4.98 Å². The average molecular weight is 306 g/mol. The van der Waals surface area contributed by atoms with E-state index < -0.39 is 5.97 Å². The molecule has 1 amide bonds. The quantitative estimate of drug-likeness (QED) is 0.941. The second kappa shape index (κ2) is 5.69. The summed E-state index contributed by atoms with van der Waals surface area (Å²) in [4.78, 5) is 29.2. The smallest absolute Gasteiger partial charge is 0.306 e. The number of hydrogen-bond acceptors (Lipinski definition) is 5. The first kappa shape index (κ1) is 13.8. The number of carboxylic acid groups (broad SMARTS) is 1. The van der Waals surface area contributed by atoms with Gasteiger partial charge in [-0.3, -0.25) is 9.59 Å². The lowest BCUT2D eigenvalue weighted by Gasteiger charge is -2.29. The van der Waals surface area contributed by atoms with Crippen LogP contribution < -0.4 is 0 Å². The highest BCUT2D eigenvalue weighted by molar-refractivity contribution is 7.13. The molecule has 0 spiro atoms. The Kier molecular flexibility index (Phi) is 3.74. The van der Waals surface area contributed by atoms with E-state index in [0.717, 1.165) is 0 Å². The minimum Gasteiger partial charge on any atom is -0.481 e. The second-order valence-corrected chi connectivity index (χ2v) is 5.78. The third kappa shape index (κ3) is 2.82. The van der Waals surface area contributed by atoms with Crippen LogP contribution in [0.2, 0.25) is 0 Å².